The second kappa shape index (κ2) is 7.69. The fourth-order valence-electron chi connectivity index (χ4n) is 3.94. The van der Waals surface area contributed by atoms with Gasteiger partial charge in [-0.05, 0) is 68.0 Å². The van der Waals surface area contributed by atoms with Crippen molar-refractivity contribution in [2.45, 2.75) is 25.9 Å². The van der Waals surface area contributed by atoms with Crippen LogP contribution in [0.2, 0.25) is 5.02 Å². The number of pyridine rings is 1. The Labute approximate surface area is 181 Å². The quantitative estimate of drug-likeness (QED) is 0.602. The Kier molecular flexibility index (Phi) is 5.23. The maximum Gasteiger partial charge on any atom is 0.174 e. The lowest BCUT2D eigenvalue weighted by Crippen LogP contribution is -2.29. The Morgan fingerprint density at radius 1 is 1.17 bits per heavy atom. The molecule has 0 bridgehead atoms. The SMILES string of the molecule is COc1ccc(N2C(=S)N[C@@H](c3ccccn3)[C@@H]2c2cc(C)n(C)c2C)cc1Cl. The molecule has 5 nitrogen and oxygen atoms in total. The molecule has 1 aliphatic heterocycles. The van der Waals surface area contributed by atoms with E-state index in [1.807, 2.05) is 42.6 Å². The summed E-state index contributed by atoms with van der Waals surface area (Å²) >= 11 is 12.2. The zero-order valence-electron chi connectivity index (χ0n) is 16.8. The van der Waals surface area contributed by atoms with Crippen molar-refractivity contribution in [2.24, 2.45) is 7.05 Å². The number of nitrogens with one attached hydrogen (secondary N) is 1. The van der Waals surface area contributed by atoms with Crippen molar-refractivity contribution in [3.05, 3.63) is 76.3 Å². The van der Waals surface area contributed by atoms with Crippen LogP contribution in [0.25, 0.3) is 0 Å². The number of hydrogen-bond donors (Lipinski definition) is 1. The van der Waals surface area contributed by atoms with E-state index in [4.69, 9.17) is 28.6 Å². The van der Waals surface area contributed by atoms with Gasteiger partial charge in [0, 0.05) is 30.3 Å². The van der Waals surface area contributed by atoms with Crippen LogP contribution in [0.4, 0.5) is 5.69 Å². The molecule has 1 fully saturated rings. The molecule has 0 unspecified atom stereocenters. The summed E-state index contributed by atoms with van der Waals surface area (Å²) in [6.07, 6.45) is 1.81. The smallest absolute Gasteiger partial charge is 0.174 e. The van der Waals surface area contributed by atoms with Gasteiger partial charge in [0.1, 0.15) is 5.75 Å². The minimum absolute atomic E-state index is 0.0539. The van der Waals surface area contributed by atoms with Crippen LogP contribution < -0.4 is 15.0 Å². The molecule has 0 aliphatic carbocycles. The fourth-order valence-corrected chi connectivity index (χ4v) is 4.54. The number of aryl methyl sites for hydroxylation is 1. The first-order chi connectivity index (χ1) is 13.9. The molecule has 7 heteroatoms. The Bertz CT molecular complexity index is 1070. The van der Waals surface area contributed by atoms with E-state index in [9.17, 15) is 0 Å². The van der Waals surface area contributed by atoms with E-state index in [1.165, 1.54) is 17.0 Å². The number of halogens is 1. The highest BCUT2D eigenvalue weighted by Gasteiger charge is 2.42. The lowest BCUT2D eigenvalue weighted by molar-refractivity contribution is 0.415. The topological polar surface area (TPSA) is 42.3 Å². The number of ether oxygens (including phenoxy) is 1. The summed E-state index contributed by atoms with van der Waals surface area (Å²) in [5.41, 5.74) is 5.47. The van der Waals surface area contributed by atoms with Gasteiger partial charge in [-0.15, -0.1) is 0 Å². The molecular weight excluding hydrogens is 404 g/mol. The minimum atomic E-state index is -0.0786. The Morgan fingerprint density at radius 3 is 2.55 bits per heavy atom. The lowest BCUT2D eigenvalue weighted by atomic mass is 9.96. The van der Waals surface area contributed by atoms with Crippen molar-refractivity contribution < 1.29 is 4.74 Å². The molecule has 29 heavy (non-hydrogen) atoms. The molecule has 1 aromatic carbocycles. The van der Waals surface area contributed by atoms with Crippen LogP contribution in [-0.4, -0.2) is 21.8 Å². The maximum atomic E-state index is 6.43. The largest absolute Gasteiger partial charge is 0.495 e. The van der Waals surface area contributed by atoms with Crippen LogP contribution in [0.3, 0.4) is 0 Å². The van der Waals surface area contributed by atoms with Crippen LogP contribution in [0, 0.1) is 13.8 Å². The van der Waals surface area contributed by atoms with Gasteiger partial charge in [-0.3, -0.25) is 4.98 Å². The number of thiocarbonyl (C=S) groups is 1. The molecule has 1 N–H and O–H groups in total. The fraction of sp³-hybridized carbons (Fsp3) is 0.273. The predicted octanol–water partition coefficient (Wildman–Crippen LogP) is 4.88. The van der Waals surface area contributed by atoms with Gasteiger partial charge in [-0.2, -0.15) is 0 Å². The predicted molar refractivity (Wildman–Crippen MR) is 121 cm³/mol. The van der Waals surface area contributed by atoms with Crippen LogP contribution in [0.1, 0.15) is 34.7 Å². The lowest BCUT2D eigenvalue weighted by Gasteiger charge is -2.28. The van der Waals surface area contributed by atoms with E-state index in [0.717, 1.165) is 11.4 Å². The molecule has 2 atom stereocenters. The average Bonchev–Trinajstić information content (AvgIpc) is 3.19. The highest BCUT2D eigenvalue weighted by atomic mass is 35.5. The zero-order valence-corrected chi connectivity index (χ0v) is 18.4. The van der Waals surface area contributed by atoms with Gasteiger partial charge < -0.3 is 19.5 Å². The Balaban J connectivity index is 1.87. The minimum Gasteiger partial charge on any atom is -0.495 e. The normalized spacial score (nSPS) is 18.8. The van der Waals surface area contributed by atoms with E-state index in [1.54, 1.807) is 7.11 Å². The molecule has 0 amide bonds. The number of anilines is 1. The Morgan fingerprint density at radius 2 is 1.97 bits per heavy atom. The molecule has 2 aromatic heterocycles. The molecule has 0 radical (unpaired) electrons. The van der Waals surface area contributed by atoms with Crippen molar-refractivity contribution in [2.75, 3.05) is 12.0 Å². The van der Waals surface area contributed by atoms with Crippen LogP contribution >= 0.6 is 23.8 Å². The third kappa shape index (κ3) is 3.36. The van der Waals surface area contributed by atoms with Gasteiger partial charge in [0.05, 0.1) is 29.9 Å². The van der Waals surface area contributed by atoms with E-state index >= 15 is 0 Å². The summed E-state index contributed by atoms with van der Waals surface area (Å²) in [5, 5.41) is 4.68. The Hall–Kier alpha value is -2.57. The molecule has 3 aromatic rings. The van der Waals surface area contributed by atoms with E-state index in [0.29, 0.717) is 15.9 Å². The summed E-state index contributed by atoms with van der Waals surface area (Å²) in [4.78, 5) is 6.73. The number of methoxy groups -OCH3 is 1. The first kappa shape index (κ1) is 19.7. The highest BCUT2D eigenvalue weighted by Crippen LogP contribution is 2.44. The average molecular weight is 427 g/mol. The van der Waals surface area contributed by atoms with Crippen molar-refractivity contribution in [3.63, 3.8) is 0 Å². The summed E-state index contributed by atoms with van der Waals surface area (Å²) < 4.78 is 7.52. The van der Waals surface area contributed by atoms with Gasteiger partial charge in [0.2, 0.25) is 0 Å². The number of nitrogens with zero attached hydrogens (tertiary/aromatic N) is 3. The first-order valence-electron chi connectivity index (χ1n) is 9.39. The molecule has 150 valence electrons. The third-order valence-corrected chi connectivity index (χ3v) is 6.25. The van der Waals surface area contributed by atoms with Crippen molar-refractivity contribution >= 4 is 34.6 Å². The summed E-state index contributed by atoms with van der Waals surface area (Å²) in [7, 11) is 3.69. The van der Waals surface area contributed by atoms with E-state index in [2.05, 4.69) is 46.7 Å². The van der Waals surface area contributed by atoms with E-state index in [-0.39, 0.29) is 12.1 Å². The van der Waals surface area contributed by atoms with Crippen LogP contribution in [0.15, 0.2) is 48.7 Å². The molecule has 3 heterocycles. The molecule has 4 rings (SSSR count). The van der Waals surface area contributed by atoms with Gasteiger partial charge in [0.15, 0.2) is 5.11 Å². The van der Waals surface area contributed by atoms with Gasteiger partial charge in [-0.1, -0.05) is 17.7 Å². The monoisotopic (exact) mass is 426 g/mol. The van der Waals surface area contributed by atoms with Gasteiger partial charge in [-0.25, -0.2) is 0 Å². The number of rotatable bonds is 4. The standard InChI is InChI=1S/C22H23ClN4OS/c1-13-11-16(14(2)26(13)3)21-20(18-7-5-6-10-24-18)25-22(29)27(21)15-8-9-19(28-4)17(23)12-15/h5-12,20-21H,1-4H3,(H,25,29)/t20-,21-/m0/s1. The van der Waals surface area contributed by atoms with Gasteiger partial charge in [0.25, 0.3) is 0 Å². The second-order valence-corrected chi connectivity index (χ2v) is 7.99. The molecule has 1 aliphatic rings. The third-order valence-electron chi connectivity index (χ3n) is 5.64. The van der Waals surface area contributed by atoms with Gasteiger partial charge >= 0.3 is 0 Å². The molecule has 0 spiro atoms. The van der Waals surface area contributed by atoms with Crippen LogP contribution in [-0.2, 0) is 7.05 Å². The zero-order chi connectivity index (χ0) is 20.7. The number of benzene rings is 1. The molecule has 0 saturated carbocycles. The summed E-state index contributed by atoms with van der Waals surface area (Å²) in [6.45, 7) is 4.25. The number of hydrogen-bond acceptors (Lipinski definition) is 3. The molecular formula is C22H23ClN4OS. The highest BCUT2D eigenvalue weighted by molar-refractivity contribution is 7.80. The van der Waals surface area contributed by atoms with Crippen molar-refractivity contribution in [1.82, 2.24) is 14.9 Å². The number of aromatic nitrogens is 2. The van der Waals surface area contributed by atoms with Crippen molar-refractivity contribution in [1.29, 1.82) is 0 Å². The van der Waals surface area contributed by atoms with E-state index < -0.39 is 0 Å². The molecule has 1 saturated heterocycles. The summed E-state index contributed by atoms with van der Waals surface area (Å²) in [6, 6.07) is 13.8. The summed E-state index contributed by atoms with van der Waals surface area (Å²) in [5.74, 6) is 0.637. The van der Waals surface area contributed by atoms with Crippen LogP contribution in [0.5, 0.6) is 5.75 Å². The second-order valence-electron chi connectivity index (χ2n) is 7.20. The first-order valence-corrected chi connectivity index (χ1v) is 10.2. The maximum absolute atomic E-state index is 6.43. The van der Waals surface area contributed by atoms with Crippen molar-refractivity contribution in [3.8, 4) is 5.75 Å².